The zero-order valence-electron chi connectivity index (χ0n) is 9.31. The van der Waals surface area contributed by atoms with Gasteiger partial charge in [0, 0.05) is 0 Å². The van der Waals surface area contributed by atoms with E-state index in [0.29, 0.717) is 0 Å². The molecule has 1 N–H and O–H groups in total. The van der Waals surface area contributed by atoms with E-state index in [0.717, 1.165) is 12.8 Å². The van der Waals surface area contributed by atoms with Gasteiger partial charge in [0.15, 0.2) is 0 Å². The molecule has 2 heteroatoms. The third-order valence-corrected chi connectivity index (χ3v) is 2.96. The summed E-state index contributed by atoms with van der Waals surface area (Å²) in [5.74, 6) is -0.738. The zero-order valence-corrected chi connectivity index (χ0v) is 9.31. The number of aliphatic carboxylic acids is 1. The monoisotopic (exact) mass is 206 g/mol. The predicted octanol–water partition coefficient (Wildman–Crippen LogP) is 2.98. The van der Waals surface area contributed by atoms with Crippen molar-refractivity contribution in [1.82, 2.24) is 0 Å². The number of carboxylic acids is 1. The van der Waals surface area contributed by atoms with Gasteiger partial charge < -0.3 is 5.11 Å². The number of hydrogen-bond donors (Lipinski definition) is 1. The number of carbonyl (C=O) groups is 1. The van der Waals surface area contributed by atoms with Gasteiger partial charge in [-0.1, -0.05) is 50.6 Å². The maximum Gasteiger partial charge on any atom is 0.306 e. The summed E-state index contributed by atoms with van der Waals surface area (Å²) in [5.41, 5.74) is 1.22. The lowest BCUT2D eigenvalue weighted by Gasteiger charge is -2.19. The lowest BCUT2D eigenvalue weighted by molar-refractivity contribution is -0.143. The standard InChI is InChI=1S/C13H18O2/c1-3-12(10(2)13(14)15)9-11-7-5-4-6-8-11/h4-8,10,12H,3,9H2,1-2H3,(H,14,15)/t10-,12?/m0/s1. The minimum atomic E-state index is -0.696. The van der Waals surface area contributed by atoms with E-state index in [9.17, 15) is 4.79 Å². The molecule has 2 nitrogen and oxygen atoms in total. The molecule has 0 saturated carbocycles. The molecule has 1 aromatic rings. The van der Waals surface area contributed by atoms with Gasteiger partial charge in [-0.3, -0.25) is 4.79 Å². The van der Waals surface area contributed by atoms with E-state index in [1.54, 1.807) is 6.92 Å². The molecule has 0 aromatic heterocycles. The molecule has 0 heterocycles. The fourth-order valence-corrected chi connectivity index (χ4v) is 1.79. The van der Waals surface area contributed by atoms with Crippen molar-refractivity contribution in [2.45, 2.75) is 26.7 Å². The van der Waals surface area contributed by atoms with E-state index in [-0.39, 0.29) is 11.8 Å². The fraction of sp³-hybridized carbons (Fsp3) is 0.462. The van der Waals surface area contributed by atoms with Crippen LogP contribution in [0, 0.1) is 11.8 Å². The molecule has 0 aliphatic heterocycles. The van der Waals surface area contributed by atoms with Crippen molar-refractivity contribution in [2.24, 2.45) is 11.8 Å². The number of carboxylic acid groups (broad SMARTS) is 1. The van der Waals surface area contributed by atoms with Gasteiger partial charge in [-0.2, -0.15) is 0 Å². The lowest BCUT2D eigenvalue weighted by Crippen LogP contribution is -2.21. The third-order valence-electron chi connectivity index (χ3n) is 2.96. The quantitative estimate of drug-likeness (QED) is 0.804. The summed E-state index contributed by atoms with van der Waals surface area (Å²) in [4.78, 5) is 10.9. The number of hydrogen-bond acceptors (Lipinski definition) is 1. The van der Waals surface area contributed by atoms with Crippen LogP contribution < -0.4 is 0 Å². The summed E-state index contributed by atoms with van der Waals surface area (Å²) in [6.45, 7) is 3.84. The van der Waals surface area contributed by atoms with Gasteiger partial charge in [0.2, 0.25) is 0 Å². The Hall–Kier alpha value is -1.31. The summed E-state index contributed by atoms with van der Waals surface area (Å²) in [7, 11) is 0. The first-order chi connectivity index (χ1) is 7.15. The highest BCUT2D eigenvalue weighted by atomic mass is 16.4. The van der Waals surface area contributed by atoms with Gasteiger partial charge >= 0.3 is 5.97 Å². The highest BCUT2D eigenvalue weighted by Crippen LogP contribution is 2.20. The van der Waals surface area contributed by atoms with Crippen molar-refractivity contribution in [3.8, 4) is 0 Å². The highest BCUT2D eigenvalue weighted by Gasteiger charge is 2.21. The highest BCUT2D eigenvalue weighted by molar-refractivity contribution is 5.69. The lowest BCUT2D eigenvalue weighted by atomic mass is 9.86. The number of rotatable bonds is 5. The average molecular weight is 206 g/mol. The maximum atomic E-state index is 10.9. The van der Waals surface area contributed by atoms with Gasteiger partial charge in [-0.15, -0.1) is 0 Å². The van der Waals surface area contributed by atoms with Crippen LogP contribution in [0.2, 0.25) is 0 Å². The molecule has 0 amide bonds. The summed E-state index contributed by atoms with van der Waals surface area (Å²) in [6.07, 6.45) is 1.76. The average Bonchev–Trinajstić information content (AvgIpc) is 2.26. The molecule has 0 spiro atoms. The molecule has 1 rings (SSSR count). The molecule has 0 aliphatic carbocycles. The molecule has 0 bridgehead atoms. The largest absolute Gasteiger partial charge is 0.481 e. The summed E-state index contributed by atoms with van der Waals surface area (Å²) < 4.78 is 0. The Kier molecular flexibility index (Phi) is 4.35. The van der Waals surface area contributed by atoms with E-state index < -0.39 is 5.97 Å². The van der Waals surface area contributed by atoms with Crippen molar-refractivity contribution in [1.29, 1.82) is 0 Å². The Morgan fingerprint density at radius 2 is 1.93 bits per heavy atom. The van der Waals surface area contributed by atoms with E-state index in [1.165, 1.54) is 5.56 Å². The molecular weight excluding hydrogens is 188 g/mol. The summed E-state index contributed by atoms with van der Waals surface area (Å²) >= 11 is 0. The molecule has 82 valence electrons. The van der Waals surface area contributed by atoms with Crippen molar-refractivity contribution in [2.75, 3.05) is 0 Å². The van der Waals surface area contributed by atoms with E-state index in [2.05, 4.69) is 12.1 Å². The molecule has 2 atom stereocenters. The van der Waals surface area contributed by atoms with Crippen LogP contribution in [-0.2, 0) is 11.2 Å². The summed E-state index contributed by atoms with van der Waals surface area (Å²) in [6, 6.07) is 10.1. The molecule has 0 radical (unpaired) electrons. The normalized spacial score (nSPS) is 14.5. The number of benzene rings is 1. The maximum absolute atomic E-state index is 10.9. The Labute approximate surface area is 90.9 Å². The van der Waals surface area contributed by atoms with E-state index >= 15 is 0 Å². The molecule has 1 aromatic carbocycles. The third kappa shape index (κ3) is 3.39. The van der Waals surface area contributed by atoms with Crippen LogP contribution in [0.5, 0.6) is 0 Å². The van der Waals surface area contributed by atoms with Crippen molar-refractivity contribution >= 4 is 5.97 Å². The van der Waals surface area contributed by atoms with Crippen LogP contribution in [0.1, 0.15) is 25.8 Å². The molecule has 0 saturated heterocycles. The van der Waals surface area contributed by atoms with E-state index in [1.807, 2.05) is 25.1 Å². The van der Waals surface area contributed by atoms with Crippen LogP contribution in [0.3, 0.4) is 0 Å². The second-order valence-corrected chi connectivity index (χ2v) is 3.98. The van der Waals surface area contributed by atoms with Gasteiger partial charge in [0.1, 0.15) is 0 Å². The van der Waals surface area contributed by atoms with Crippen LogP contribution in [0.15, 0.2) is 30.3 Å². The Morgan fingerprint density at radius 1 is 1.33 bits per heavy atom. The second-order valence-electron chi connectivity index (χ2n) is 3.98. The fourth-order valence-electron chi connectivity index (χ4n) is 1.79. The van der Waals surface area contributed by atoms with Crippen LogP contribution >= 0.6 is 0 Å². The molecule has 0 fully saturated rings. The Morgan fingerprint density at radius 3 is 2.40 bits per heavy atom. The van der Waals surface area contributed by atoms with Crippen LogP contribution in [-0.4, -0.2) is 11.1 Å². The van der Waals surface area contributed by atoms with Crippen LogP contribution in [0.25, 0.3) is 0 Å². The Balaban J connectivity index is 2.66. The minimum absolute atomic E-state index is 0.227. The van der Waals surface area contributed by atoms with Crippen LogP contribution in [0.4, 0.5) is 0 Å². The first-order valence-corrected chi connectivity index (χ1v) is 5.41. The van der Waals surface area contributed by atoms with Gasteiger partial charge in [-0.25, -0.2) is 0 Å². The smallest absolute Gasteiger partial charge is 0.306 e. The summed E-state index contributed by atoms with van der Waals surface area (Å²) in [5, 5.41) is 8.96. The zero-order chi connectivity index (χ0) is 11.3. The Bertz CT molecular complexity index is 306. The van der Waals surface area contributed by atoms with Gasteiger partial charge in [-0.05, 0) is 17.9 Å². The van der Waals surface area contributed by atoms with E-state index in [4.69, 9.17) is 5.11 Å². The second kappa shape index (κ2) is 5.54. The first kappa shape index (κ1) is 11.8. The molecule has 0 aliphatic rings. The van der Waals surface area contributed by atoms with Crippen molar-refractivity contribution < 1.29 is 9.90 Å². The van der Waals surface area contributed by atoms with Crippen molar-refractivity contribution in [3.63, 3.8) is 0 Å². The predicted molar refractivity (Wildman–Crippen MR) is 60.7 cm³/mol. The SMILES string of the molecule is CCC(Cc1ccccc1)[C@H](C)C(=O)O. The first-order valence-electron chi connectivity index (χ1n) is 5.41. The topological polar surface area (TPSA) is 37.3 Å². The molecule has 15 heavy (non-hydrogen) atoms. The minimum Gasteiger partial charge on any atom is -0.481 e. The molecular formula is C13H18O2. The van der Waals surface area contributed by atoms with Gasteiger partial charge in [0.05, 0.1) is 5.92 Å². The van der Waals surface area contributed by atoms with Gasteiger partial charge in [0.25, 0.3) is 0 Å². The van der Waals surface area contributed by atoms with Crippen molar-refractivity contribution in [3.05, 3.63) is 35.9 Å². The molecule has 1 unspecified atom stereocenters.